The summed E-state index contributed by atoms with van der Waals surface area (Å²) >= 11 is 0. The van der Waals surface area contributed by atoms with Crippen LogP contribution in [0.15, 0.2) is 18.2 Å². The number of phenolic OH excluding ortho intramolecular Hbond substituents is 1. The van der Waals surface area contributed by atoms with Crippen LogP contribution in [0.2, 0.25) is 0 Å². The third-order valence-electron chi connectivity index (χ3n) is 3.86. The molecule has 0 bridgehead atoms. The average Bonchev–Trinajstić information content (AvgIpc) is 2.47. The first-order chi connectivity index (χ1) is 12.5. The smallest absolute Gasteiger partial charge is 0.426 e. The Labute approximate surface area is 168 Å². The number of nitrogens with one attached hydrogen (secondary N) is 2. The Morgan fingerprint density at radius 2 is 1.36 bits per heavy atom. The highest BCUT2D eigenvalue weighted by Crippen LogP contribution is 2.39. The van der Waals surface area contributed by atoms with Crippen molar-refractivity contribution < 1.29 is 19.4 Å². The number of aromatic hydroxyl groups is 1. The van der Waals surface area contributed by atoms with Gasteiger partial charge in [0.25, 0.3) is 5.91 Å². The summed E-state index contributed by atoms with van der Waals surface area (Å²) in [4.78, 5) is 23.6. The second-order valence-electron chi connectivity index (χ2n) is 9.91. The van der Waals surface area contributed by atoms with Gasteiger partial charge in [0.2, 0.25) is 0 Å². The number of hydrogen-bond acceptors (Lipinski definition) is 4. The zero-order chi connectivity index (χ0) is 21.9. The molecule has 28 heavy (non-hydrogen) atoms. The minimum Gasteiger partial charge on any atom is -0.507 e. The number of hydrazine groups is 1. The minimum atomic E-state index is -0.732. The Hall–Kier alpha value is -2.50. The molecular formula is C22H34N2O4. The van der Waals surface area contributed by atoms with E-state index in [2.05, 4.69) is 10.9 Å². The molecule has 1 aromatic rings. The van der Waals surface area contributed by atoms with Gasteiger partial charge in [0.1, 0.15) is 11.4 Å². The lowest BCUT2D eigenvalue weighted by Gasteiger charge is -2.27. The summed E-state index contributed by atoms with van der Waals surface area (Å²) in [6.45, 7) is 17.4. The summed E-state index contributed by atoms with van der Waals surface area (Å²) in [6.07, 6.45) is 2.24. The predicted octanol–water partition coefficient (Wildman–Crippen LogP) is 4.56. The SMILES string of the molecule is CC(C)(C)OC(=O)NNC(=O)/C=C/c1cc(C(C)(C)C)c(O)c(C(C)(C)C)c1. The molecular weight excluding hydrogens is 356 g/mol. The molecule has 3 N–H and O–H groups in total. The molecule has 0 saturated heterocycles. The highest BCUT2D eigenvalue weighted by molar-refractivity contribution is 5.92. The highest BCUT2D eigenvalue weighted by atomic mass is 16.6. The molecule has 0 aliphatic rings. The standard InChI is InChI=1S/C22H34N2O4/c1-20(2,3)15-12-14(13-16(18(15)26)21(4,5)6)10-11-17(25)23-24-19(27)28-22(7,8)9/h10-13,26H,1-9H3,(H,23,25)(H,24,27)/b11-10+. The molecule has 0 aliphatic carbocycles. The van der Waals surface area contributed by atoms with Crippen LogP contribution in [0, 0.1) is 0 Å². The topological polar surface area (TPSA) is 87.7 Å². The normalized spacial score (nSPS) is 12.8. The summed E-state index contributed by atoms with van der Waals surface area (Å²) in [5, 5.41) is 10.7. The molecule has 0 atom stereocenters. The van der Waals surface area contributed by atoms with Crippen LogP contribution in [0.5, 0.6) is 5.75 Å². The van der Waals surface area contributed by atoms with Crippen molar-refractivity contribution in [2.24, 2.45) is 0 Å². The summed E-state index contributed by atoms with van der Waals surface area (Å²) in [7, 11) is 0. The van der Waals surface area contributed by atoms with Crippen LogP contribution in [-0.4, -0.2) is 22.7 Å². The first-order valence-electron chi connectivity index (χ1n) is 9.36. The van der Waals surface area contributed by atoms with Crippen LogP contribution in [0.25, 0.3) is 6.08 Å². The van der Waals surface area contributed by atoms with E-state index in [0.29, 0.717) is 0 Å². The summed E-state index contributed by atoms with van der Waals surface area (Å²) in [6, 6.07) is 3.74. The number of carbonyl (C=O) groups is 2. The fourth-order valence-electron chi connectivity index (χ4n) is 2.53. The van der Waals surface area contributed by atoms with Gasteiger partial charge in [-0.25, -0.2) is 10.2 Å². The van der Waals surface area contributed by atoms with Crippen molar-refractivity contribution in [3.05, 3.63) is 34.9 Å². The molecule has 6 heteroatoms. The van der Waals surface area contributed by atoms with Gasteiger partial charge in [-0.15, -0.1) is 0 Å². The largest absolute Gasteiger partial charge is 0.507 e. The fourth-order valence-corrected chi connectivity index (χ4v) is 2.53. The summed E-state index contributed by atoms with van der Waals surface area (Å²) in [5.74, 6) is -0.207. The average molecular weight is 391 g/mol. The Bertz CT molecular complexity index is 725. The number of carbonyl (C=O) groups excluding carboxylic acids is 2. The maximum Gasteiger partial charge on any atom is 0.426 e. The quantitative estimate of drug-likeness (QED) is 0.510. The molecule has 0 radical (unpaired) electrons. The number of hydrogen-bond donors (Lipinski definition) is 3. The van der Waals surface area contributed by atoms with Crippen LogP contribution in [0.1, 0.15) is 79.0 Å². The van der Waals surface area contributed by atoms with E-state index >= 15 is 0 Å². The lowest BCUT2D eigenvalue weighted by Crippen LogP contribution is -2.43. The number of ether oxygens (including phenoxy) is 1. The van der Waals surface area contributed by atoms with E-state index in [1.54, 1.807) is 26.8 Å². The van der Waals surface area contributed by atoms with Gasteiger partial charge >= 0.3 is 6.09 Å². The molecule has 0 aliphatic heterocycles. The first-order valence-corrected chi connectivity index (χ1v) is 9.36. The molecule has 0 unspecified atom stereocenters. The molecule has 0 heterocycles. The number of phenols is 1. The maximum absolute atomic E-state index is 12.0. The van der Waals surface area contributed by atoms with Crippen molar-refractivity contribution in [1.82, 2.24) is 10.9 Å². The van der Waals surface area contributed by atoms with E-state index in [4.69, 9.17) is 4.74 Å². The van der Waals surface area contributed by atoms with Crippen molar-refractivity contribution in [3.8, 4) is 5.75 Å². The second-order valence-corrected chi connectivity index (χ2v) is 9.91. The van der Waals surface area contributed by atoms with Gasteiger partial charge < -0.3 is 9.84 Å². The predicted molar refractivity (Wildman–Crippen MR) is 112 cm³/mol. The van der Waals surface area contributed by atoms with Crippen LogP contribution < -0.4 is 10.9 Å². The monoisotopic (exact) mass is 390 g/mol. The van der Waals surface area contributed by atoms with Gasteiger partial charge in [-0.2, -0.15) is 0 Å². The van der Waals surface area contributed by atoms with Crippen molar-refractivity contribution >= 4 is 18.1 Å². The van der Waals surface area contributed by atoms with Crippen molar-refractivity contribution in [2.45, 2.75) is 78.7 Å². The Balaban J connectivity index is 3.02. The van der Waals surface area contributed by atoms with Gasteiger partial charge in [0, 0.05) is 17.2 Å². The van der Waals surface area contributed by atoms with Crippen LogP contribution in [0.4, 0.5) is 4.79 Å². The Morgan fingerprint density at radius 3 is 1.75 bits per heavy atom. The molecule has 0 fully saturated rings. The minimum absolute atomic E-state index is 0.255. The summed E-state index contributed by atoms with van der Waals surface area (Å²) in [5.41, 5.74) is 5.74. The van der Waals surface area contributed by atoms with Gasteiger partial charge in [-0.1, -0.05) is 41.5 Å². The van der Waals surface area contributed by atoms with E-state index in [9.17, 15) is 14.7 Å². The van der Waals surface area contributed by atoms with E-state index in [-0.39, 0.29) is 16.6 Å². The Morgan fingerprint density at radius 1 is 0.893 bits per heavy atom. The third-order valence-corrected chi connectivity index (χ3v) is 3.86. The fraction of sp³-hybridized carbons (Fsp3) is 0.545. The van der Waals surface area contributed by atoms with Gasteiger partial charge in [0.05, 0.1) is 0 Å². The number of benzene rings is 1. The first kappa shape index (κ1) is 23.5. The number of amides is 2. The van der Waals surface area contributed by atoms with E-state index in [1.807, 2.05) is 53.7 Å². The van der Waals surface area contributed by atoms with Gasteiger partial charge in [-0.3, -0.25) is 10.2 Å². The van der Waals surface area contributed by atoms with Crippen LogP contribution >= 0.6 is 0 Å². The molecule has 0 saturated carbocycles. The lowest BCUT2D eigenvalue weighted by molar-refractivity contribution is -0.117. The third kappa shape index (κ3) is 7.25. The molecule has 0 spiro atoms. The van der Waals surface area contributed by atoms with E-state index < -0.39 is 17.6 Å². The molecule has 1 rings (SSSR count). The van der Waals surface area contributed by atoms with Crippen molar-refractivity contribution in [2.75, 3.05) is 0 Å². The van der Waals surface area contributed by atoms with E-state index in [1.165, 1.54) is 6.08 Å². The van der Waals surface area contributed by atoms with Gasteiger partial charge in [0.15, 0.2) is 0 Å². The molecule has 2 amide bonds. The maximum atomic E-state index is 12.0. The molecule has 156 valence electrons. The Kier molecular flexibility index (Phi) is 6.93. The molecule has 6 nitrogen and oxygen atoms in total. The van der Waals surface area contributed by atoms with Crippen molar-refractivity contribution in [1.29, 1.82) is 0 Å². The van der Waals surface area contributed by atoms with Crippen LogP contribution in [-0.2, 0) is 20.4 Å². The zero-order valence-corrected chi connectivity index (χ0v) is 18.5. The highest BCUT2D eigenvalue weighted by Gasteiger charge is 2.26. The lowest BCUT2D eigenvalue weighted by atomic mass is 9.78. The zero-order valence-electron chi connectivity index (χ0n) is 18.5. The van der Waals surface area contributed by atoms with E-state index in [0.717, 1.165) is 16.7 Å². The molecule has 1 aromatic carbocycles. The van der Waals surface area contributed by atoms with Crippen molar-refractivity contribution in [3.63, 3.8) is 0 Å². The number of rotatable bonds is 2. The van der Waals surface area contributed by atoms with Gasteiger partial charge in [-0.05, 0) is 55.4 Å². The second kappa shape index (κ2) is 8.25. The summed E-state index contributed by atoms with van der Waals surface area (Å²) < 4.78 is 5.05. The molecule has 0 aromatic heterocycles. The van der Waals surface area contributed by atoms with Crippen LogP contribution in [0.3, 0.4) is 0 Å².